The maximum absolute atomic E-state index is 13.2. The maximum Gasteiger partial charge on any atom is 0.251 e. The van der Waals surface area contributed by atoms with Crippen molar-refractivity contribution in [3.63, 3.8) is 0 Å². The Morgan fingerprint density at radius 2 is 2.24 bits per heavy atom. The van der Waals surface area contributed by atoms with Gasteiger partial charge in [-0.2, -0.15) is 0 Å². The monoisotopic (exact) mass is 296 g/mol. The van der Waals surface area contributed by atoms with Gasteiger partial charge >= 0.3 is 0 Å². The number of aromatic nitrogens is 1. The molecule has 0 unspecified atom stereocenters. The molecule has 2 aromatic rings. The quantitative estimate of drug-likeness (QED) is 0.899. The summed E-state index contributed by atoms with van der Waals surface area (Å²) < 4.78 is 13.6. The maximum atomic E-state index is 13.2. The number of aromatic amines is 1. The van der Waals surface area contributed by atoms with E-state index in [2.05, 4.69) is 26.2 Å². The van der Waals surface area contributed by atoms with E-state index in [1.165, 1.54) is 12.1 Å². The summed E-state index contributed by atoms with van der Waals surface area (Å²) in [4.78, 5) is 14.6. The third-order valence-electron chi connectivity index (χ3n) is 2.30. The first-order valence-corrected chi connectivity index (χ1v) is 5.81. The third kappa shape index (κ3) is 2.94. The zero-order chi connectivity index (χ0) is 12.3. The van der Waals surface area contributed by atoms with Crippen molar-refractivity contribution in [3.8, 4) is 0 Å². The second-order valence-electron chi connectivity index (χ2n) is 3.53. The summed E-state index contributed by atoms with van der Waals surface area (Å²) in [6, 6.07) is 6.15. The number of rotatable bonds is 3. The fourth-order valence-electron chi connectivity index (χ4n) is 1.39. The van der Waals surface area contributed by atoms with E-state index in [-0.39, 0.29) is 5.91 Å². The first kappa shape index (κ1) is 11.9. The van der Waals surface area contributed by atoms with Crippen LogP contribution >= 0.6 is 15.9 Å². The summed E-state index contributed by atoms with van der Waals surface area (Å²) >= 11 is 3.04. The summed E-state index contributed by atoms with van der Waals surface area (Å²) in [6.45, 7) is 0.417. The Balaban J connectivity index is 2.02. The summed E-state index contributed by atoms with van der Waals surface area (Å²) in [6.07, 6.45) is 3.57. The van der Waals surface area contributed by atoms with Crippen molar-refractivity contribution < 1.29 is 9.18 Å². The van der Waals surface area contributed by atoms with Gasteiger partial charge in [0.25, 0.3) is 5.91 Å². The Kier molecular flexibility index (Phi) is 3.58. The lowest BCUT2D eigenvalue weighted by Gasteiger charge is -2.04. The van der Waals surface area contributed by atoms with E-state index in [1.807, 2.05) is 6.07 Å². The molecule has 0 aliphatic rings. The number of hydrogen-bond donors (Lipinski definition) is 2. The van der Waals surface area contributed by atoms with Crippen LogP contribution in [-0.2, 0) is 6.54 Å². The molecule has 0 spiro atoms. The molecule has 2 N–H and O–H groups in total. The van der Waals surface area contributed by atoms with Crippen molar-refractivity contribution in [2.24, 2.45) is 0 Å². The summed E-state index contributed by atoms with van der Waals surface area (Å²) in [7, 11) is 0. The number of benzene rings is 1. The van der Waals surface area contributed by atoms with Crippen LogP contribution in [0.2, 0.25) is 0 Å². The highest BCUT2D eigenvalue weighted by Gasteiger charge is 2.08. The average Bonchev–Trinajstić information content (AvgIpc) is 2.82. The van der Waals surface area contributed by atoms with Gasteiger partial charge in [-0.3, -0.25) is 4.79 Å². The van der Waals surface area contributed by atoms with Gasteiger partial charge in [0.1, 0.15) is 5.82 Å². The number of amides is 1. The van der Waals surface area contributed by atoms with Gasteiger partial charge in [0.2, 0.25) is 0 Å². The number of carbonyl (C=O) groups excluding carboxylic acids is 1. The molecule has 1 amide bonds. The minimum atomic E-state index is -0.445. The third-order valence-corrected chi connectivity index (χ3v) is 2.94. The van der Waals surface area contributed by atoms with Crippen molar-refractivity contribution in [1.82, 2.24) is 10.3 Å². The molecular formula is C12H10BrFN2O. The molecule has 0 saturated carbocycles. The summed E-state index contributed by atoms with van der Waals surface area (Å²) in [5.41, 5.74) is 1.28. The highest BCUT2D eigenvalue weighted by Crippen LogP contribution is 2.16. The van der Waals surface area contributed by atoms with E-state index < -0.39 is 5.82 Å². The van der Waals surface area contributed by atoms with Crippen molar-refractivity contribution in [2.75, 3.05) is 0 Å². The minimum absolute atomic E-state index is 0.294. The molecule has 0 bridgehead atoms. The first-order valence-electron chi connectivity index (χ1n) is 5.02. The molecule has 0 saturated heterocycles. The van der Waals surface area contributed by atoms with Gasteiger partial charge in [0.05, 0.1) is 4.47 Å². The SMILES string of the molecule is O=C(NCc1cc[nH]c1)c1ccc(Br)c(F)c1. The Labute approximate surface area is 106 Å². The lowest BCUT2D eigenvalue weighted by Crippen LogP contribution is -2.22. The molecule has 0 fully saturated rings. The van der Waals surface area contributed by atoms with Gasteiger partial charge in [-0.25, -0.2) is 4.39 Å². The van der Waals surface area contributed by atoms with Crippen LogP contribution in [0.1, 0.15) is 15.9 Å². The number of carbonyl (C=O) groups is 1. The molecule has 88 valence electrons. The Morgan fingerprint density at radius 3 is 2.88 bits per heavy atom. The molecule has 1 heterocycles. The highest BCUT2D eigenvalue weighted by atomic mass is 79.9. The number of halogens is 2. The van der Waals surface area contributed by atoms with Crippen LogP contribution in [0.25, 0.3) is 0 Å². The predicted octanol–water partition coefficient (Wildman–Crippen LogP) is 2.85. The molecule has 3 nitrogen and oxygen atoms in total. The zero-order valence-electron chi connectivity index (χ0n) is 8.84. The molecule has 0 radical (unpaired) electrons. The smallest absolute Gasteiger partial charge is 0.251 e. The molecule has 17 heavy (non-hydrogen) atoms. The zero-order valence-corrected chi connectivity index (χ0v) is 10.4. The van der Waals surface area contributed by atoms with E-state index in [9.17, 15) is 9.18 Å². The second kappa shape index (κ2) is 5.14. The number of H-pyrrole nitrogens is 1. The largest absolute Gasteiger partial charge is 0.367 e. The minimum Gasteiger partial charge on any atom is -0.367 e. The lowest BCUT2D eigenvalue weighted by molar-refractivity contribution is 0.0950. The van der Waals surface area contributed by atoms with Crippen molar-refractivity contribution >= 4 is 21.8 Å². The molecule has 2 rings (SSSR count). The molecule has 5 heteroatoms. The van der Waals surface area contributed by atoms with Gasteiger partial charge in [0, 0.05) is 24.5 Å². The fourth-order valence-corrected chi connectivity index (χ4v) is 1.64. The van der Waals surface area contributed by atoms with Crippen LogP contribution < -0.4 is 5.32 Å². The summed E-state index contributed by atoms with van der Waals surface area (Å²) in [5.74, 6) is -0.739. The van der Waals surface area contributed by atoms with E-state index >= 15 is 0 Å². The Bertz CT molecular complexity index is 525. The van der Waals surface area contributed by atoms with Crippen molar-refractivity contribution in [1.29, 1.82) is 0 Å². The summed E-state index contributed by atoms with van der Waals surface area (Å²) in [5, 5.41) is 2.71. The number of hydrogen-bond acceptors (Lipinski definition) is 1. The van der Waals surface area contributed by atoms with Gasteiger partial charge < -0.3 is 10.3 Å². The van der Waals surface area contributed by atoms with E-state index in [0.29, 0.717) is 16.6 Å². The molecule has 0 aliphatic heterocycles. The average molecular weight is 297 g/mol. The first-order chi connectivity index (χ1) is 8.16. The Morgan fingerprint density at radius 1 is 1.41 bits per heavy atom. The Hall–Kier alpha value is -1.62. The van der Waals surface area contributed by atoms with Gasteiger partial charge in [-0.05, 0) is 45.8 Å². The predicted molar refractivity (Wildman–Crippen MR) is 66.1 cm³/mol. The van der Waals surface area contributed by atoms with Gasteiger partial charge in [-0.15, -0.1) is 0 Å². The topological polar surface area (TPSA) is 44.9 Å². The number of nitrogens with one attached hydrogen (secondary N) is 2. The van der Waals surface area contributed by atoms with Crippen LogP contribution in [0.15, 0.2) is 41.1 Å². The van der Waals surface area contributed by atoms with Crippen LogP contribution in [0.4, 0.5) is 4.39 Å². The molecular weight excluding hydrogens is 287 g/mol. The van der Waals surface area contributed by atoms with E-state index in [4.69, 9.17) is 0 Å². The molecule has 1 aromatic heterocycles. The van der Waals surface area contributed by atoms with Crippen molar-refractivity contribution in [2.45, 2.75) is 6.54 Å². The molecule has 0 atom stereocenters. The normalized spacial score (nSPS) is 10.2. The lowest BCUT2D eigenvalue weighted by atomic mass is 10.2. The van der Waals surface area contributed by atoms with Gasteiger partial charge in [0.15, 0.2) is 0 Å². The van der Waals surface area contributed by atoms with Crippen LogP contribution in [-0.4, -0.2) is 10.9 Å². The van der Waals surface area contributed by atoms with E-state index in [1.54, 1.807) is 18.5 Å². The van der Waals surface area contributed by atoms with Crippen LogP contribution in [0.5, 0.6) is 0 Å². The van der Waals surface area contributed by atoms with Crippen LogP contribution in [0, 0.1) is 5.82 Å². The van der Waals surface area contributed by atoms with Crippen molar-refractivity contribution in [3.05, 3.63) is 58.1 Å². The van der Waals surface area contributed by atoms with E-state index in [0.717, 1.165) is 5.56 Å². The second-order valence-corrected chi connectivity index (χ2v) is 4.39. The molecule has 1 aromatic carbocycles. The standard InChI is InChI=1S/C12H10BrFN2O/c13-10-2-1-9(5-11(10)14)12(17)16-7-8-3-4-15-6-8/h1-6,15H,7H2,(H,16,17). The molecule has 0 aliphatic carbocycles. The van der Waals surface area contributed by atoms with Gasteiger partial charge in [-0.1, -0.05) is 0 Å². The fraction of sp³-hybridized carbons (Fsp3) is 0.0833. The van der Waals surface area contributed by atoms with Crippen LogP contribution in [0.3, 0.4) is 0 Å². The highest BCUT2D eigenvalue weighted by molar-refractivity contribution is 9.10.